The van der Waals surface area contributed by atoms with Crippen LogP contribution in [-0.4, -0.2) is 52.8 Å². The molecule has 4 atom stereocenters. The molecule has 0 spiro atoms. The van der Waals surface area contributed by atoms with Gasteiger partial charge >= 0.3 is 13.7 Å². The Morgan fingerprint density at radius 2 is 1.47 bits per heavy atom. The third-order valence-electron chi connectivity index (χ3n) is 7.20. The Morgan fingerprint density at radius 3 is 1.93 bits per heavy atom. The third-order valence-corrected chi connectivity index (χ3v) is 9.54. The topological polar surface area (TPSA) is 123 Å². The van der Waals surface area contributed by atoms with E-state index in [0.717, 1.165) is 0 Å². The molecule has 3 amide bonds. The maximum Gasteiger partial charge on any atom is 0.453 e. The predicted molar refractivity (Wildman–Crippen MR) is 166 cm³/mol. The number of rotatable bonds is 12. The molecule has 0 radical (unpaired) electrons. The Labute approximate surface area is 255 Å². The number of para-hydroxylation sites is 2. The molecule has 1 saturated heterocycles. The van der Waals surface area contributed by atoms with Gasteiger partial charge in [-0.25, -0.2) is 9.36 Å². The second-order valence-corrected chi connectivity index (χ2v) is 14.2. The molecule has 10 nitrogen and oxygen atoms in total. The number of carbonyl (C=O) groups excluding carboxylic acids is 3. The summed E-state index contributed by atoms with van der Waals surface area (Å²) in [5, 5.41) is 5.65. The number of alkyl carbamates (subject to hydrolysis) is 1. The Morgan fingerprint density at radius 1 is 0.930 bits per heavy atom. The summed E-state index contributed by atoms with van der Waals surface area (Å²) in [4.78, 5) is 41.8. The lowest BCUT2D eigenvalue weighted by molar-refractivity contribution is -0.141. The standard InChI is InChI=1S/C32H46N3O7P/c1-8-23(4)27(33-31(38)40-32(5,6)7)30(37)35-21-15-20-26(35)28(36)34-29(22(2)3)43(39,41-24-16-11-9-12-17-24)42-25-18-13-10-14-19-25/h9-14,16-19,22-23,26-27,29H,8,15,20-21H2,1-7H3,(H,33,38)(H,34,36)/t23-,26-,27-,29?/m0/s1. The first-order valence-electron chi connectivity index (χ1n) is 14.9. The highest BCUT2D eigenvalue weighted by molar-refractivity contribution is 7.55. The van der Waals surface area contributed by atoms with Crippen LogP contribution in [0.4, 0.5) is 4.79 Å². The summed E-state index contributed by atoms with van der Waals surface area (Å²) in [6, 6.07) is 15.6. The molecule has 2 aromatic carbocycles. The average Bonchev–Trinajstić information content (AvgIpc) is 3.44. The highest BCUT2D eigenvalue weighted by atomic mass is 31.2. The average molecular weight is 616 g/mol. The van der Waals surface area contributed by atoms with Crippen molar-refractivity contribution in [3.8, 4) is 11.5 Å². The molecule has 236 valence electrons. The van der Waals surface area contributed by atoms with Crippen LogP contribution in [0.1, 0.15) is 67.7 Å². The van der Waals surface area contributed by atoms with E-state index in [2.05, 4.69) is 10.6 Å². The van der Waals surface area contributed by atoms with Gasteiger partial charge in [-0.3, -0.25) is 9.59 Å². The van der Waals surface area contributed by atoms with Crippen LogP contribution in [0.3, 0.4) is 0 Å². The van der Waals surface area contributed by atoms with E-state index in [1.807, 2.05) is 39.8 Å². The smallest absolute Gasteiger partial charge is 0.444 e. The summed E-state index contributed by atoms with van der Waals surface area (Å²) in [7, 11) is -4.05. The fraction of sp³-hybridized carbons (Fsp3) is 0.531. The van der Waals surface area contributed by atoms with Crippen LogP contribution in [0, 0.1) is 11.8 Å². The molecule has 1 aliphatic heterocycles. The zero-order valence-electron chi connectivity index (χ0n) is 26.2. The fourth-order valence-corrected chi connectivity index (χ4v) is 6.95. The molecule has 0 aliphatic carbocycles. The first-order chi connectivity index (χ1) is 20.2. The summed E-state index contributed by atoms with van der Waals surface area (Å²) < 4.78 is 32.0. The normalized spacial score (nSPS) is 17.5. The number of nitrogens with one attached hydrogen (secondary N) is 2. The van der Waals surface area contributed by atoms with Crippen LogP contribution >= 0.6 is 7.60 Å². The lowest BCUT2D eigenvalue weighted by Crippen LogP contribution is -2.57. The molecule has 0 bridgehead atoms. The highest BCUT2D eigenvalue weighted by Gasteiger charge is 2.46. The van der Waals surface area contributed by atoms with Crippen LogP contribution in [0.15, 0.2) is 60.7 Å². The van der Waals surface area contributed by atoms with Crippen molar-refractivity contribution in [3.05, 3.63) is 60.7 Å². The molecule has 1 unspecified atom stereocenters. The van der Waals surface area contributed by atoms with Gasteiger partial charge in [0.15, 0.2) is 5.78 Å². The van der Waals surface area contributed by atoms with Gasteiger partial charge in [0.25, 0.3) is 0 Å². The number of benzene rings is 2. The van der Waals surface area contributed by atoms with Crippen molar-refractivity contribution in [2.24, 2.45) is 11.8 Å². The van der Waals surface area contributed by atoms with Crippen molar-refractivity contribution in [2.75, 3.05) is 6.54 Å². The van der Waals surface area contributed by atoms with Crippen molar-refractivity contribution in [1.82, 2.24) is 15.5 Å². The molecule has 1 fully saturated rings. The fourth-order valence-electron chi connectivity index (χ4n) is 4.84. The van der Waals surface area contributed by atoms with Crippen molar-refractivity contribution < 1.29 is 32.7 Å². The van der Waals surface area contributed by atoms with E-state index in [1.54, 1.807) is 69.3 Å². The molecule has 1 heterocycles. The molecule has 0 saturated carbocycles. The third kappa shape index (κ3) is 9.48. The maximum absolute atomic E-state index is 14.5. The van der Waals surface area contributed by atoms with Gasteiger partial charge in [0, 0.05) is 6.54 Å². The number of likely N-dealkylation sites (tertiary alicyclic amines) is 1. The molecule has 1 aliphatic rings. The molecule has 0 aromatic heterocycles. The Kier molecular flexibility index (Phi) is 11.7. The minimum Gasteiger partial charge on any atom is -0.444 e. The van der Waals surface area contributed by atoms with Crippen LogP contribution in [-0.2, 0) is 18.9 Å². The number of hydrogen-bond acceptors (Lipinski definition) is 7. The zero-order valence-corrected chi connectivity index (χ0v) is 27.1. The monoisotopic (exact) mass is 615 g/mol. The van der Waals surface area contributed by atoms with Crippen LogP contribution in [0.25, 0.3) is 0 Å². The van der Waals surface area contributed by atoms with Crippen LogP contribution < -0.4 is 19.7 Å². The van der Waals surface area contributed by atoms with E-state index in [0.29, 0.717) is 37.3 Å². The summed E-state index contributed by atoms with van der Waals surface area (Å²) in [5.41, 5.74) is -0.730. The van der Waals surface area contributed by atoms with E-state index in [1.165, 1.54) is 4.90 Å². The van der Waals surface area contributed by atoms with Gasteiger partial charge in [0.2, 0.25) is 11.8 Å². The summed E-state index contributed by atoms with van der Waals surface area (Å²) in [5.74, 6) is -1.72. The van der Waals surface area contributed by atoms with Crippen LogP contribution in [0.5, 0.6) is 11.5 Å². The Hall–Kier alpha value is -3.52. The van der Waals surface area contributed by atoms with Gasteiger partial charge in [-0.15, -0.1) is 0 Å². The largest absolute Gasteiger partial charge is 0.453 e. The molecule has 3 rings (SSSR count). The van der Waals surface area contributed by atoms with Gasteiger partial charge < -0.3 is 29.3 Å². The minimum absolute atomic E-state index is 0.202. The molecule has 2 aromatic rings. The van der Waals surface area contributed by atoms with Crippen molar-refractivity contribution in [2.45, 2.75) is 91.2 Å². The molecular formula is C32H46N3O7P. The lowest BCUT2D eigenvalue weighted by atomic mass is 9.97. The lowest BCUT2D eigenvalue weighted by Gasteiger charge is -2.34. The quantitative estimate of drug-likeness (QED) is 0.266. The van der Waals surface area contributed by atoms with E-state index in [4.69, 9.17) is 13.8 Å². The van der Waals surface area contributed by atoms with Gasteiger partial charge in [-0.2, -0.15) is 0 Å². The summed E-state index contributed by atoms with van der Waals surface area (Å²) >= 11 is 0. The first-order valence-corrected chi connectivity index (χ1v) is 16.5. The number of hydrogen-bond donors (Lipinski definition) is 2. The van der Waals surface area contributed by atoms with Crippen molar-refractivity contribution >= 4 is 25.5 Å². The zero-order chi connectivity index (χ0) is 31.8. The minimum atomic E-state index is -4.05. The van der Waals surface area contributed by atoms with Crippen molar-refractivity contribution in [3.63, 3.8) is 0 Å². The van der Waals surface area contributed by atoms with E-state index in [9.17, 15) is 18.9 Å². The number of carbonyl (C=O) groups is 3. The highest BCUT2D eigenvalue weighted by Crippen LogP contribution is 2.54. The van der Waals surface area contributed by atoms with Gasteiger partial charge in [0.05, 0.1) is 0 Å². The molecular weight excluding hydrogens is 569 g/mol. The number of ether oxygens (including phenoxy) is 1. The van der Waals surface area contributed by atoms with E-state index < -0.39 is 43.1 Å². The van der Waals surface area contributed by atoms with Gasteiger partial charge in [-0.05, 0) is 69.7 Å². The Bertz CT molecular complexity index is 1220. The number of nitrogens with zero attached hydrogens (tertiary/aromatic N) is 1. The van der Waals surface area contributed by atoms with Gasteiger partial charge in [-0.1, -0.05) is 70.5 Å². The SMILES string of the molecule is CC[C@H](C)[C@H](NC(=O)OC(C)(C)C)C(=O)N1CCC[C@H]1C(=O)NC(C(C)C)P(=O)(Oc1ccccc1)Oc1ccccc1. The molecule has 11 heteroatoms. The Balaban J connectivity index is 1.86. The molecule has 2 N–H and O–H groups in total. The van der Waals surface area contributed by atoms with Crippen molar-refractivity contribution in [1.29, 1.82) is 0 Å². The summed E-state index contributed by atoms with van der Waals surface area (Å²) in [6.45, 7) is 13.0. The first kappa shape index (κ1) is 34.0. The predicted octanol–water partition coefficient (Wildman–Crippen LogP) is 6.37. The second-order valence-electron chi connectivity index (χ2n) is 12.2. The maximum atomic E-state index is 14.5. The van der Waals surface area contributed by atoms with Gasteiger partial charge in [0.1, 0.15) is 29.2 Å². The molecule has 43 heavy (non-hydrogen) atoms. The van der Waals surface area contributed by atoms with E-state index in [-0.39, 0.29) is 17.7 Å². The second kappa shape index (κ2) is 14.8. The summed E-state index contributed by atoms with van der Waals surface area (Å²) in [6.07, 6.45) is 0.964. The van der Waals surface area contributed by atoms with Crippen LogP contribution in [0.2, 0.25) is 0 Å². The van der Waals surface area contributed by atoms with E-state index >= 15 is 0 Å². The number of amides is 3.